The number of rotatable bonds is 4. The second-order valence-electron chi connectivity index (χ2n) is 4.25. The fourth-order valence-electron chi connectivity index (χ4n) is 1.62. The Morgan fingerprint density at radius 3 is 2.75 bits per heavy atom. The SMILES string of the molecule is COc1ccc(N)c(C(=O)OCc2nnc(C)n2C)c1. The highest BCUT2D eigenvalue weighted by Gasteiger charge is 2.14. The standard InChI is InChI=1S/C13H16N4O3/c1-8-15-16-12(17(8)2)7-20-13(18)10-6-9(19-3)4-5-11(10)14/h4-6H,7,14H2,1-3H3. The van der Waals surface area contributed by atoms with Crippen LogP contribution in [0.4, 0.5) is 5.69 Å². The number of anilines is 1. The van der Waals surface area contributed by atoms with Crippen molar-refractivity contribution in [1.82, 2.24) is 14.8 Å². The summed E-state index contributed by atoms with van der Waals surface area (Å²) < 4.78 is 12.0. The van der Waals surface area contributed by atoms with Gasteiger partial charge in [-0.15, -0.1) is 10.2 Å². The van der Waals surface area contributed by atoms with Crippen molar-refractivity contribution in [3.63, 3.8) is 0 Å². The fraction of sp³-hybridized carbons (Fsp3) is 0.308. The zero-order valence-corrected chi connectivity index (χ0v) is 11.6. The second kappa shape index (κ2) is 5.60. The number of ether oxygens (including phenoxy) is 2. The lowest BCUT2D eigenvalue weighted by molar-refractivity contribution is 0.0459. The second-order valence-corrected chi connectivity index (χ2v) is 4.25. The van der Waals surface area contributed by atoms with Crippen LogP contribution in [0.5, 0.6) is 5.75 Å². The molecule has 0 saturated heterocycles. The van der Waals surface area contributed by atoms with Crippen molar-refractivity contribution in [1.29, 1.82) is 0 Å². The molecule has 0 unspecified atom stereocenters. The van der Waals surface area contributed by atoms with Crippen LogP contribution in [0.3, 0.4) is 0 Å². The number of aryl methyl sites for hydroxylation is 1. The summed E-state index contributed by atoms with van der Waals surface area (Å²) in [5.41, 5.74) is 6.36. The third-order valence-electron chi connectivity index (χ3n) is 3.00. The summed E-state index contributed by atoms with van der Waals surface area (Å²) in [6.45, 7) is 1.85. The Hall–Kier alpha value is -2.57. The lowest BCUT2D eigenvalue weighted by Gasteiger charge is -2.08. The average molecular weight is 276 g/mol. The molecule has 1 aromatic carbocycles. The maximum absolute atomic E-state index is 12.0. The molecule has 2 rings (SSSR count). The van der Waals surface area contributed by atoms with Crippen LogP contribution >= 0.6 is 0 Å². The summed E-state index contributed by atoms with van der Waals surface area (Å²) in [5.74, 6) is 1.33. The maximum atomic E-state index is 12.0. The molecule has 106 valence electrons. The Morgan fingerprint density at radius 1 is 1.40 bits per heavy atom. The van der Waals surface area contributed by atoms with Crippen molar-refractivity contribution < 1.29 is 14.3 Å². The van der Waals surface area contributed by atoms with E-state index in [4.69, 9.17) is 15.2 Å². The van der Waals surface area contributed by atoms with Crippen molar-refractivity contribution in [2.24, 2.45) is 7.05 Å². The van der Waals surface area contributed by atoms with Gasteiger partial charge < -0.3 is 19.8 Å². The van der Waals surface area contributed by atoms with Crippen molar-refractivity contribution >= 4 is 11.7 Å². The van der Waals surface area contributed by atoms with E-state index in [1.165, 1.54) is 7.11 Å². The molecule has 0 amide bonds. The molecule has 0 spiro atoms. The quantitative estimate of drug-likeness (QED) is 0.663. The Morgan fingerprint density at radius 2 is 2.15 bits per heavy atom. The highest BCUT2D eigenvalue weighted by molar-refractivity contribution is 5.95. The van der Waals surface area contributed by atoms with Crippen LogP contribution in [-0.2, 0) is 18.4 Å². The number of nitrogens with two attached hydrogens (primary N) is 1. The first-order chi connectivity index (χ1) is 9.52. The zero-order valence-electron chi connectivity index (χ0n) is 11.6. The van der Waals surface area contributed by atoms with Gasteiger partial charge in [-0.3, -0.25) is 0 Å². The van der Waals surface area contributed by atoms with Crippen LogP contribution in [0.25, 0.3) is 0 Å². The molecule has 0 aliphatic carbocycles. The van der Waals surface area contributed by atoms with Gasteiger partial charge in [-0.05, 0) is 25.1 Å². The summed E-state index contributed by atoms with van der Waals surface area (Å²) in [6, 6.07) is 4.82. The Labute approximate surface area is 116 Å². The van der Waals surface area contributed by atoms with E-state index in [0.717, 1.165) is 5.82 Å². The van der Waals surface area contributed by atoms with Gasteiger partial charge in [0.25, 0.3) is 0 Å². The molecular weight excluding hydrogens is 260 g/mol. The van der Waals surface area contributed by atoms with Crippen LogP contribution in [0.1, 0.15) is 22.0 Å². The molecule has 0 atom stereocenters. The minimum Gasteiger partial charge on any atom is -0.497 e. The maximum Gasteiger partial charge on any atom is 0.340 e. The number of hydrogen-bond donors (Lipinski definition) is 1. The molecule has 0 radical (unpaired) electrons. The van der Waals surface area contributed by atoms with E-state index in [2.05, 4.69) is 10.2 Å². The van der Waals surface area contributed by atoms with E-state index >= 15 is 0 Å². The Kier molecular flexibility index (Phi) is 3.88. The van der Waals surface area contributed by atoms with Crippen molar-refractivity contribution in [3.8, 4) is 5.75 Å². The van der Waals surface area contributed by atoms with Crippen LogP contribution in [0.15, 0.2) is 18.2 Å². The van der Waals surface area contributed by atoms with Gasteiger partial charge in [-0.25, -0.2) is 4.79 Å². The fourth-order valence-corrected chi connectivity index (χ4v) is 1.62. The average Bonchev–Trinajstić information content (AvgIpc) is 2.77. The largest absolute Gasteiger partial charge is 0.497 e. The number of carbonyl (C=O) groups is 1. The summed E-state index contributed by atoms with van der Waals surface area (Å²) in [4.78, 5) is 12.0. The molecule has 2 aromatic rings. The number of esters is 1. The van der Waals surface area contributed by atoms with E-state index in [1.54, 1.807) is 29.8 Å². The first kappa shape index (κ1) is 13.9. The first-order valence-electron chi connectivity index (χ1n) is 5.98. The summed E-state index contributed by atoms with van der Waals surface area (Å²) >= 11 is 0. The van der Waals surface area contributed by atoms with Crippen LogP contribution in [-0.4, -0.2) is 27.8 Å². The zero-order chi connectivity index (χ0) is 14.7. The molecule has 2 N–H and O–H groups in total. The van der Waals surface area contributed by atoms with Crippen molar-refractivity contribution in [2.75, 3.05) is 12.8 Å². The van der Waals surface area contributed by atoms with Gasteiger partial charge in [0, 0.05) is 12.7 Å². The molecule has 7 nitrogen and oxygen atoms in total. The van der Waals surface area contributed by atoms with Gasteiger partial charge in [-0.2, -0.15) is 0 Å². The summed E-state index contributed by atoms with van der Waals surface area (Å²) in [7, 11) is 3.32. The van der Waals surface area contributed by atoms with Gasteiger partial charge in [0.2, 0.25) is 0 Å². The van der Waals surface area contributed by atoms with Gasteiger partial charge in [0.05, 0.1) is 12.7 Å². The number of aromatic nitrogens is 3. The molecule has 1 heterocycles. The number of carbonyl (C=O) groups excluding carboxylic acids is 1. The number of benzene rings is 1. The minimum atomic E-state index is -0.526. The molecule has 0 bridgehead atoms. The number of hydrogen-bond acceptors (Lipinski definition) is 6. The van der Waals surface area contributed by atoms with Gasteiger partial charge >= 0.3 is 5.97 Å². The van der Waals surface area contributed by atoms with Crippen LogP contribution in [0, 0.1) is 6.92 Å². The molecule has 0 saturated carbocycles. The summed E-state index contributed by atoms with van der Waals surface area (Å²) in [6.07, 6.45) is 0. The number of nitrogen functional groups attached to an aromatic ring is 1. The third kappa shape index (κ3) is 2.71. The normalized spacial score (nSPS) is 10.3. The monoisotopic (exact) mass is 276 g/mol. The topological polar surface area (TPSA) is 92.3 Å². The number of nitrogens with zero attached hydrogens (tertiary/aromatic N) is 3. The van der Waals surface area contributed by atoms with Gasteiger partial charge in [0.15, 0.2) is 12.4 Å². The summed E-state index contributed by atoms with van der Waals surface area (Å²) in [5, 5.41) is 7.81. The van der Waals surface area contributed by atoms with Crippen LogP contribution in [0.2, 0.25) is 0 Å². The first-order valence-corrected chi connectivity index (χ1v) is 5.98. The van der Waals surface area contributed by atoms with E-state index in [0.29, 0.717) is 17.3 Å². The Bertz CT molecular complexity index is 637. The molecular formula is C13H16N4O3. The van der Waals surface area contributed by atoms with Crippen molar-refractivity contribution in [3.05, 3.63) is 35.4 Å². The van der Waals surface area contributed by atoms with E-state index in [-0.39, 0.29) is 12.2 Å². The molecule has 7 heteroatoms. The van der Waals surface area contributed by atoms with Crippen molar-refractivity contribution in [2.45, 2.75) is 13.5 Å². The molecule has 0 aliphatic rings. The van der Waals surface area contributed by atoms with Gasteiger partial charge in [0.1, 0.15) is 11.6 Å². The van der Waals surface area contributed by atoms with E-state index < -0.39 is 5.97 Å². The lowest BCUT2D eigenvalue weighted by Crippen LogP contribution is -2.11. The minimum absolute atomic E-state index is 0.0345. The predicted molar refractivity (Wildman–Crippen MR) is 72.3 cm³/mol. The lowest BCUT2D eigenvalue weighted by atomic mass is 10.2. The third-order valence-corrected chi connectivity index (χ3v) is 3.00. The smallest absolute Gasteiger partial charge is 0.340 e. The van der Waals surface area contributed by atoms with E-state index in [1.807, 2.05) is 6.92 Å². The number of methoxy groups -OCH3 is 1. The highest BCUT2D eigenvalue weighted by atomic mass is 16.5. The molecule has 0 fully saturated rings. The van der Waals surface area contributed by atoms with E-state index in [9.17, 15) is 4.79 Å². The molecule has 0 aliphatic heterocycles. The Balaban J connectivity index is 2.10. The predicted octanol–water partition coefficient (Wildman–Crippen LogP) is 1.07. The molecule has 20 heavy (non-hydrogen) atoms. The highest BCUT2D eigenvalue weighted by Crippen LogP contribution is 2.20. The van der Waals surface area contributed by atoms with Crippen LogP contribution < -0.4 is 10.5 Å². The van der Waals surface area contributed by atoms with Gasteiger partial charge in [-0.1, -0.05) is 0 Å². The molecule has 1 aromatic heterocycles.